The standard InChI is InChI=1S/C20H22ClN3O4S3/c1-2-28-11-10-23-15-8-7-14(21)13-17(15)30-20(23)22-19(25)16-5-3-9-24(16)31(26,27)18-6-4-12-29-18/h4,6-8,12-13,16H,2-3,5,9-11H2,1H3. The highest BCUT2D eigenvalue weighted by Gasteiger charge is 2.39. The first kappa shape index (κ1) is 22.6. The van der Waals surface area contributed by atoms with E-state index < -0.39 is 22.0 Å². The van der Waals surface area contributed by atoms with Gasteiger partial charge in [0.25, 0.3) is 15.9 Å². The number of nitrogens with zero attached hydrogens (tertiary/aromatic N) is 3. The third-order valence-electron chi connectivity index (χ3n) is 5.06. The molecule has 1 amide bonds. The molecule has 0 spiro atoms. The maximum Gasteiger partial charge on any atom is 0.266 e. The van der Waals surface area contributed by atoms with Gasteiger partial charge in [-0.15, -0.1) is 11.3 Å². The van der Waals surface area contributed by atoms with E-state index >= 15 is 0 Å². The summed E-state index contributed by atoms with van der Waals surface area (Å²) in [6, 6.07) is 8.00. The molecule has 0 bridgehead atoms. The Labute approximate surface area is 193 Å². The molecule has 4 rings (SSSR count). The molecule has 0 radical (unpaired) electrons. The first-order valence-corrected chi connectivity index (χ1v) is 13.4. The Hall–Kier alpha value is -1.56. The molecule has 31 heavy (non-hydrogen) atoms. The Balaban J connectivity index is 1.70. The van der Waals surface area contributed by atoms with Gasteiger partial charge in [0.15, 0.2) is 4.80 Å². The normalized spacial score (nSPS) is 18.3. The lowest BCUT2D eigenvalue weighted by atomic mass is 10.2. The highest BCUT2D eigenvalue weighted by Crippen LogP contribution is 2.29. The zero-order chi connectivity index (χ0) is 22.0. The van der Waals surface area contributed by atoms with Crippen molar-refractivity contribution >= 4 is 60.4 Å². The van der Waals surface area contributed by atoms with Gasteiger partial charge in [0.2, 0.25) is 0 Å². The number of hydrogen-bond donors (Lipinski definition) is 0. The molecule has 1 atom stereocenters. The molecule has 0 aliphatic carbocycles. The Morgan fingerprint density at radius 1 is 1.35 bits per heavy atom. The summed E-state index contributed by atoms with van der Waals surface area (Å²) in [5.74, 6) is -0.444. The molecule has 1 aliphatic heterocycles. The number of hydrogen-bond acceptors (Lipinski definition) is 6. The average molecular weight is 500 g/mol. The second-order valence-corrected chi connectivity index (χ2v) is 11.5. The molecule has 166 valence electrons. The number of aromatic nitrogens is 1. The number of fused-ring (bicyclic) bond motifs is 1. The summed E-state index contributed by atoms with van der Waals surface area (Å²) in [7, 11) is -3.71. The van der Waals surface area contributed by atoms with E-state index in [1.54, 1.807) is 23.6 Å². The third-order valence-corrected chi connectivity index (χ3v) is 9.62. The number of carbonyl (C=O) groups excluding carboxylic acids is 1. The molecule has 1 saturated heterocycles. The summed E-state index contributed by atoms with van der Waals surface area (Å²) in [6.45, 7) is 3.85. The molecular formula is C20H22ClN3O4S3. The van der Waals surface area contributed by atoms with Crippen LogP contribution in [0.2, 0.25) is 5.02 Å². The fourth-order valence-corrected chi connectivity index (χ4v) is 7.73. The Morgan fingerprint density at radius 3 is 2.94 bits per heavy atom. The number of rotatable bonds is 7. The van der Waals surface area contributed by atoms with Crippen LogP contribution in [0.15, 0.2) is 44.9 Å². The van der Waals surface area contributed by atoms with Crippen LogP contribution < -0.4 is 4.80 Å². The van der Waals surface area contributed by atoms with Gasteiger partial charge in [0, 0.05) is 24.7 Å². The first-order chi connectivity index (χ1) is 14.9. The predicted octanol–water partition coefficient (Wildman–Crippen LogP) is 3.73. The molecule has 11 heteroatoms. The van der Waals surface area contributed by atoms with Crippen LogP contribution in [-0.2, 0) is 26.1 Å². The Kier molecular flexibility index (Phi) is 6.95. The van der Waals surface area contributed by atoms with Crippen molar-refractivity contribution in [3.05, 3.63) is 45.5 Å². The highest BCUT2D eigenvalue weighted by molar-refractivity contribution is 7.91. The quantitative estimate of drug-likeness (QED) is 0.464. The maximum atomic E-state index is 13.1. The van der Waals surface area contributed by atoms with Crippen LogP contribution in [-0.4, -0.2) is 49.0 Å². The zero-order valence-electron chi connectivity index (χ0n) is 16.9. The molecule has 1 aromatic carbocycles. The van der Waals surface area contributed by atoms with E-state index in [2.05, 4.69) is 4.99 Å². The minimum Gasteiger partial charge on any atom is -0.380 e. The van der Waals surface area contributed by atoms with Crippen molar-refractivity contribution in [3.63, 3.8) is 0 Å². The monoisotopic (exact) mass is 499 g/mol. The summed E-state index contributed by atoms with van der Waals surface area (Å²) in [5, 5.41) is 2.32. The molecule has 2 aromatic heterocycles. The van der Waals surface area contributed by atoms with Crippen molar-refractivity contribution in [3.8, 4) is 0 Å². The highest BCUT2D eigenvalue weighted by atomic mass is 35.5. The van der Waals surface area contributed by atoms with Gasteiger partial charge in [-0.2, -0.15) is 9.30 Å². The van der Waals surface area contributed by atoms with Crippen molar-refractivity contribution in [1.29, 1.82) is 0 Å². The van der Waals surface area contributed by atoms with Crippen molar-refractivity contribution in [2.75, 3.05) is 19.8 Å². The van der Waals surface area contributed by atoms with Gasteiger partial charge in [-0.25, -0.2) is 8.42 Å². The SMILES string of the molecule is CCOCCn1c(=NC(=O)C2CCCN2S(=O)(=O)c2cccs2)sc2cc(Cl)ccc21. The number of thiazole rings is 1. The Bertz CT molecular complexity index is 1250. The van der Waals surface area contributed by atoms with E-state index in [4.69, 9.17) is 16.3 Å². The van der Waals surface area contributed by atoms with Gasteiger partial charge < -0.3 is 9.30 Å². The number of benzene rings is 1. The molecule has 7 nitrogen and oxygen atoms in total. The Morgan fingerprint density at radius 2 is 2.19 bits per heavy atom. The molecule has 0 N–H and O–H groups in total. The molecule has 3 heterocycles. The van der Waals surface area contributed by atoms with Gasteiger partial charge in [0.1, 0.15) is 10.3 Å². The summed E-state index contributed by atoms with van der Waals surface area (Å²) >= 11 is 8.65. The first-order valence-electron chi connectivity index (χ1n) is 9.92. The number of amides is 1. The number of thiophene rings is 1. The van der Waals surface area contributed by atoms with Crippen LogP contribution in [0, 0.1) is 0 Å². The van der Waals surface area contributed by atoms with Crippen LogP contribution in [0.5, 0.6) is 0 Å². The van der Waals surface area contributed by atoms with Crippen LogP contribution in [0.1, 0.15) is 19.8 Å². The lowest BCUT2D eigenvalue weighted by molar-refractivity contribution is -0.121. The fraction of sp³-hybridized carbons (Fsp3) is 0.400. The largest absolute Gasteiger partial charge is 0.380 e. The average Bonchev–Trinajstić information content (AvgIpc) is 3.48. The van der Waals surface area contributed by atoms with Crippen molar-refractivity contribution < 1.29 is 17.9 Å². The van der Waals surface area contributed by atoms with Crippen LogP contribution >= 0.6 is 34.3 Å². The summed E-state index contributed by atoms with van der Waals surface area (Å²) < 4.78 is 35.8. The smallest absolute Gasteiger partial charge is 0.266 e. The topological polar surface area (TPSA) is 81.0 Å². The summed E-state index contributed by atoms with van der Waals surface area (Å²) in [6.07, 6.45) is 1.09. The summed E-state index contributed by atoms with van der Waals surface area (Å²) in [4.78, 5) is 18.0. The second kappa shape index (κ2) is 9.51. The predicted molar refractivity (Wildman–Crippen MR) is 123 cm³/mol. The van der Waals surface area contributed by atoms with E-state index in [-0.39, 0.29) is 4.21 Å². The van der Waals surface area contributed by atoms with Gasteiger partial charge >= 0.3 is 0 Å². The van der Waals surface area contributed by atoms with Crippen molar-refractivity contribution in [2.45, 2.75) is 36.6 Å². The van der Waals surface area contributed by atoms with Crippen molar-refractivity contribution in [2.24, 2.45) is 4.99 Å². The number of halogens is 1. The molecule has 1 aliphatic rings. The van der Waals surface area contributed by atoms with Crippen LogP contribution in [0.4, 0.5) is 0 Å². The van der Waals surface area contributed by atoms with E-state index in [0.717, 1.165) is 21.6 Å². The van der Waals surface area contributed by atoms with Crippen LogP contribution in [0.25, 0.3) is 10.2 Å². The maximum absolute atomic E-state index is 13.1. The molecule has 3 aromatic rings. The van der Waals surface area contributed by atoms with Gasteiger partial charge in [-0.1, -0.05) is 29.0 Å². The third kappa shape index (κ3) is 4.64. The minimum absolute atomic E-state index is 0.246. The molecular weight excluding hydrogens is 478 g/mol. The van der Waals surface area contributed by atoms with Gasteiger partial charge in [-0.05, 0) is 49.4 Å². The lowest BCUT2D eigenvalue weighted by Crippen LogP contribution is -2.40. The molecule has 1 fully saturated rings. The van der Waals surface area contributed by atoms with E-state index in [9.17, 15) is 13.2 Å². The number of ether oxygens (including phenoxy) is 1. The molecule has 1 unspecified atom stereocenters. The fourth-order valence-electron chi connectivity index (χ4n) is 3.62. The number of carbonyl (C=O) groups is 1. The van der Waals surface area contributed by atoms with E-state index in [1.807, 2.05) is 23.6 Å². The van der Waals surface area contributed by atoms with Crippen molar-refractivity contribution in [1.82, 2.24) is 8.87 Å². The van der Waals surface area contributed by atoms with E-state index in [1.165, 1.54) is 15.6 Å². The number of sulfonamides is 1. The minimum atomic E-state index is -3.71. The van der Waals surface area contributed by atoms with Gasteiger partial charge in [-0.3, -0.25) is 4.79 Å². The second-order valence-electron chi connectivity index (χ2n) is 7.00. The lowest BCUT2D eigenvalue weighted by Gasteiger charge is -2.20. The van der Waals surface area contributed by atoms with E-state index in [0.29, 0.717) is 49.0 Å². The van der Waals surface area contributed by atoms with Gasteiger partial charge in [0.05, 0.1) is 16.8 Å². The summed E-state index contributed by atoms with van der Waals surface area (Å²) in [5.41, 5.74) is 0.912. The molecule has 0 saturated carbocycles. The zero-order valence-corrected chi connectivity index (χ0v) is 20.1. The van der Waals surface area contributed by atoms with Crippen LogP contribution in [0.3, 0.4) is 0 Å².